The molecule has 0 aromatic heterocycles. The highest BCUT2D eigenvalue weighted by molar-refractivity contribution is 5.83. The number of piperidine rings is 1. The predicted molar refractivity (Wildman–Crippen MR) is 40.4 cm³/mol. The Morgan fingerprint density at radius 1 is 1.62 bits per heavy atom. The molecule has 0 amide bonds. The topological polar surface area (TPSA) is 38.3 Å². The predicted octanol–water partition coefficient (Wildman–Crippen LogP) is 0.404. The van der Waals surface area contributed by atoms with Crippen molar-refractivity contribution in [2.45, 2.75) is 12.3 Å². The lowest BCUT2D eigenvalue weighted by Gasteiger charge is -2.18. The largest absolute Gasteiger partial charge is 0.468 e. The molecule has 1 saturated heterocycles. The van der Waals surface area contributed by atoms with E-state index in [0.29, 0.717) is 6.54 Å². The first-order chi connectivity index (χ1) is 6.07. The van der Waals surface area contributed by atoms with Crippen molar-refractivity contribution in [3.05, 3.63) is 0 Å². The van der Waals surface area contributed by atoms with Gasteiger partial charge in [0.1, 0.15) is 5.41 Å². The molecule has 2 fully saturated rings. The Balaban J connectivity index is 2.26. The molecule has 1 heterocycles. The van der Waals surface area contributed by atoms with Gasteiger partial charge >= 0.3 is 5.97 Å². The van der Waals surface area contributed by atoms with Gasteiger partial charge in [-0.3, -0.25) is 4.79 Å². The smallest absolute Gasteiger partial charge is 0.318 e. The fourth-order valence-corrected chi connectivity index (χ4v) is 2.27. The number of methoxy groups -OCH3 is 1. The molecular weight excluding hydrogens is 180 g/mol. The Bertz CT molecular complexity index is 257. The third-order valence-electron chi connectivity index (χ3n) is 3.14. The van der Waals surface area contributed by atoms with Gasteiger partial charge < -0.3 is 10.1 Å². The minimum atomic E-state index is -2.87. The van der Waals surface area contributed by atoms with Gasteiger partial charge in [0.25, 0.3) is 5.92 Å². The number of fused-ring (bicyclic) bond motifs is 1. The second-order valence-electron chi connectivity index (χ2n) is 3.59. The molecule has 1 aliphatic carbocycles. The molecule has 0 aromatic carbocycles. The SMILES string of the molecule is COC(=O)[C@]12CCNC[C@H]1C2(F)F. The summed E-state index contributed by atoms with van der Waals surface area (Å²) in [5.41, 5.74) is -1.51. The van der Waals surface area contributed by atoms with Crippen LogP contribution < -0.4 is 5.32 Å². The summed E-state index contributed by atoms with van der Waals surface area (Å²) >= 11 is 0. The summed E-state index contributed by atoms with van der Waals surface area (Å²) in [5, 5.41) is 2.85. The molecule has 2 rings (SSSR count). The van der Waals surface area contributed by atoms with E-state index in [1.54, 1.807) is 0 Å². The van der Waals surface area contributed by atoms with Gasteiger partial charge in [0.05, 0.1) is 13.0 Å². The van der Waals surface area contributed by atoms with Crippen LogP contribution >= 0.6 is 0 Å². The Morgan fingerprint density at radius 2 is 2.31 bits per heavy atom. The third-order valence-corrected chi connectivity index (χ3v) is 3.14. The van der Waals surface area contributed by atoms with E-state index in [9.17, 15) is 13.6 Å². The standard InChI is InChI=1S/C8H11F2NO2/c1-13-6(12)7-2-3-11-4-5(7)8(7,9)10/h5,11H,2-4H2,1H3/t5-,7+/m1/s1. The van der Waals surface area contributed by atoms with E-state index in [1.807, 2.05) is 0 Å². The van der Waals surface area contributed by atoms with E-state index < -0.39 is 23.2 Å². The van der Waals surface area contributed by atoms with Crippen molar-refractivity contribution in [2.75, 3.05) is 20.2 Å². The van der Waals surface area contributed by atoms with E-state index in [0.717, 1.165) is 7.11 Å². The maximum atomic E-state index is 13.3. The van der Waals surface area contributed by atoms with E-state index in [2.05, 4.69) is 10.1 Å². The molecule has 0 bridgehead atoms. The number of carbonyl (C=O) groups excluding carboxylic acids is 1. The van der Waals surface area contributed by atoms with Gasteiger partial charge in [-0.1, -0.05) is 0 Å². The summed E-state index contributed by atoms with van der Waals surface area (Å²) in [6.45, 7) is 0.670. The van der Waals surface area contributed by atoms with E-state index in [-0.39, 0.29) is 13.0 Å². The van der Waals surface area contributed by atoms with Crippen LogP contribution in [0.1, 0.15) is 6.42 Å². The second-order valence-corrected chi connectivity index (χ2v) is 3.59. The zero-order chi connectivity index (χ0) is 9.69. The average molecular weight is 191 g/mol. The van der Waals surface area contributed by atoms with Crippen molar-refractivity contribution in [2.24, 2.45) is 11.3 Å². The van der Waals surface area contributed by atoms with Crippen LogP contribution in [-0.4, -0.2) is 32.1 Å². The molecule has 3 nitrogen and oxygen atoms in total. The lowest BCUT2D eigenvalue weighted by atomic mass is 9.96. The third kappa shape index (κ3) is 0.829. The van der Waals surface area contributed by atoms with Crippen molar-refractivity contribution in [1.29, 1.82) is 0 Å². The summed E-state index contributed by atoms with van der Waals surface area (Å²) in [6.07, 6.45) is 0.178. The second kappa shape index (κ2) is 2.41. The molecule has 0 spiro atoms. The van der Waals surface area contributed by atoms with Gasteiger partial charge in [0.15, 0.2) is 0 Å². The fourth-order valence-electron chi connectivity index (χ4n) is 2.27. The lowest BCUT2D eigenvalue weighted by molar-refractivity contribution is -0.152. The van der Waals surface area contributed by atoms with Crippen molar-refractivity contribution in [1.82, 2.24) is 5.32 Å². The normalized spacial score (nSPS) is 40.7. The number of halogens is 2. The van der Waals surface area contributed by atoms with E-state index in [1.165, 1.54) is 0 Å². The minimum Gasteiger partial charge on any atom is -0.468 e. The number of alkyl halides is 2. The molecule has 74 valence electrons. The minimum absolute atomic E-state index is 0.178. The first-order valence-corrected chi connectivity index (χ1v) is 4.24. The molecule has 13 heavy (non-hydrogen) atoms. The number of hydrogen-bond donors (Lipinski definition) is 1. The lowest BCUT2D eigenvalue weighted by Crippen LogP contribution is -2.34. The van der Waals surface area contributed by atoms with Crippen LogP contribution in [0.3, 0.4) is 0 Å². The molecule has 1 N–H and O–H groups in total. The van der Waals surface area contributed by atoms with E-state index >= 15 is 0 Å². The van der Waals surface area contributed by atoms with Crippen molar-refractivity contribution in [3.63, 3.8) is 0 Å². The maximum absolute atomic E-state index is 13.3. The summed E-state index contributed by atoms with van der Waals surface area (Å²) < 4.78 is 30.9. The van der Waals surface area contributed by atoms with Gasteiger partial charge in [-0.05, 0) is 13.0 Å². The number of ether oxygens (including phenoxy) is 1. The van der Waals surface area contributed by atoms with Crippen LogP contribution in [-0.2, 0) is 9.53 Å². The highest BCUT2D eigenvalue weighted by Gasteiger charge is 2.85. The number of rotatable bonds is 1. The van der Waals surface area contributed by atoms with Gasteiger partial charge in [-0.15, -0.1) is 0 Å². The summed E-state index contributed by atoms with van der Waals surface area (Å²) in [7, 11) is 1.16. The Kier molecular flexibility index (Phi) is 1.64. The molecular formula is C8H11F2NO2. The van der Waals surface area contributed by atoms with Gasteiger partial charge in [-0.25, -0.2) is 8.78 Å². The Labute approximate surface area is 74.4 Å². The van der Waals surface area contributed by atoms with Crippen LogP contribution in [0.25, 0.3) is 0 Å². The molecule has 0 aromatic rings. The molecule has 2 aliphatic rings. The molecule has 5 heteroatoms. The average Bonchev–Trinajstić information content (AvgIpc) is 2.65. The zero-order valence-corrected chi connectivity index (χ0v) is 7.27. The first-order valence-electron chi connectivity index (χ1n) is 4.24. The molecule has 2 atom stereocenters. The maximum Gasteiger partial charge on any atom is 0.318 e. The molecule has 1 aliphatic heterocycles. The van der Waals surface area contributed by atoms with Gasteiger partial charge in [0, 0.05) is 6.54 Å². The van der Waals surface area contributed by atoms with E-state index in [4.69, 9.17) is 0 Å². The molecule has 1 saturated carbocycles. The van der Waals surface area contributed by atoms with Crippen molar-refractivity contribution in [3.8, 4) is 0 Å². The first kappa shape index (κ1) is 8.87. The summed E-state index contributed by atoms with van der Waals surface area (Å²) in [5.74, 6) is -4.49. The van der Waals surface area contributed by atoms with Crippen LogP contribution in [0.2, 0.25) is 0 Å². The summed E-state index contributed by atoms with van der Waals surface area (Å²) in [4.78, 5) is 11.2. The van der Waals surface area contributed by atoms with Crippen LogP contribution in [0.4, 0.5) is 8.78 Å². The summed E-state index contributed by atoms with van der Waals surface area (Å²) in [6, 6.07) is 0. The Morgan fingerprint density at radius 3 is 2.85 bits per heavy atom. The van der Waals surface area contributed by atoms with Crippen LogP contribution in [0, 0.1) is 11.3 Å². The van der Waals surface area contributed by atoms with Gasteiger partial charge in [0.2, 0.25) is 0 Å². The van der Waals surface area contributed by atoms with Gasteiger partial charge in [-0.2, -0.15) is 0 Å². The fraction of sp³-hybridized carbons (Fsp3) is 0.875. The van der Waals surface area contributed by atoms with Crippen molar-refractivity contribution >= 4 is 5.97 Å². The quantitative estimate of drug-likeness (QED) is 0.610. The molecule has 0 radical (unpaired) electrons. The number of nitrogens with one attached hydrogen (secondary N) is 1. The monoisotopic (exact) mass is 191 g/mol. The Hall–Kier alpha value is -0.710. The number of carbonyl (C=O) groups is 1. The number of esters is 1. The van der Waals surface area contributed by atoms with Crippen LogP contribution in [0.5, 0.6) is 0 Å². The highest BCUT2D eigenvalue weighted by Crippen LogP contribution is 2.69. The zero-order valence-electron chi connectivity index (χ0n) is 7.27. The molecule has 0 unspecified atom stereocenters. The highest BCUT2D eigenvalue weighted by atomic mass is 19.3. The van der Waals surface area contributed by atoms with Crippen LogP contribution in [0.15, 0.2) is 0 Å². The number of hydrogen-bond acceptors (Lipinski definition) is 3. The van der Waals surface area contributed by atoms with Crippen molar-refractivity contribution < 1.29 is 18.3 Å².